The van der Waals surface area contributed by atoms with Gasteiger partial charge in [-0.2, -0.15) is 5.26 Å². The highest BCUT2D eigenvalue weighted by Gasteiger charge is 2.56. The van der Waals surface area contributed by atoms with Crippen molar-refractivity contribution in [3.8, 4) is 6.07 Å². The van der Waals surface area contributed by atoms with Gasteiger partial charge in [-0.3, -0.25) is 0 Å². The Balaban J connectivity index is 1.80. The van der Waals surface area contributed by atoms with Crippen molar-refractivity contribution in [2.75, 3.05) is 0 Å². The third-order valence-electron chi connectivity index (χ3n) is 11.7. The summed E-state index contributed by atoms with van der Waals surface area (Å²) in [6, 6.07) is 2.36. The van der Waals surface area contributed by atoms with E-state index in [9.17, 15) is 0 Å². The summed E-state index contributed by atoms with van der Waals surface area (Å²) in [4.78, 5) is 0. The van der Waals surface area contributed by atoms with Gasteiger partial charge in [-0.15, -0.1) is 0 Å². The van der Waals surface area contributed by atoms with E-state index in [0.29, 0.717) is 21.7 Å². The van der Waals surface area contributed by atoms with Crippen LogP contribution in [0.4, 0.5) is 0 Å². The largest absolute Gasteiger partial charge is 0.198 e. The standard InChI is InChI=1S/C29H51N/c1-22(12-8-9-21-30)24-15-20-28(6)17-10-13-25-26(3,4)23(2)14-19-27(25,5)16-11-18-29(24,28)7/h22-25H,8-20H2,1-7H3. The Morgan fingerprint density at radius 2 is 1.63 bits per heavy atom. The zero-order chi connectivity index (χ0) is 22.2. The van der Waals surface area contributed by atoms with Crippen molar-refractivity contribution in [1.82, 2.24) is 0 Å². The van der Waals surface area contributed by atoms with Gasteiger partial charge in [0.15, 0.2) is 0 Å². The third-order valence-corrected chi connectivity index (χ3v) is 11.7. The molecule has 3 saturated carbocycles. The fourth-order valence-electron chi connectivity index (χ4n) is 8.95. The molecular weight excluding hydrogens is 362 g/mol. The van der Waals surface area contributed by atoms with E-state index in [1.54, 1.807) is 0 Å². The number of nitriles is 1. The van der Waals surface area contributed by atoms with Gasteiger partial charge >= 0.3 is 0 Å². The number of hydrogen-bond acceptors (Lipinski definition) is 1. The SMILES string of the molecule is CC(CCCC#N)C1CCC2(C)CCCC3C(C)(CCCC12C)CCC(C)C3(C)C. The molecule has 0 amide bonds. The lowest BCUT2D eigenvalue weighted by Gasteiger charge is -2.56. The van der Waals surface area contributed by atoms with Gasteiger partial charge in [0.2, 0.25) is 0 Å². The zero-order valence-corrected chi connectivity index (χ0v) is 21.4. The Kier molecular flexibility index (Phi) is 7.07. The molecule has 0 aromatic rings. The second kappa shape index (κ2) is 8.79. The lowest BCUT2D eigenvalue weighted by molar-refractivity contribution is -0.0653. The van der Waals surface area contributed by atoms with Gasteiger partial charge in [0, 0.05) is 6.42 Å². The lowest BCUT2D eigenvalue weighted by Crippen LogP contribution is -2.47. The van der Waals surface area contributed by atoms with E-state index < -0.39 is 0 Å². The summed E-state index contributed by atoms with van der Waals surface area (Å²) in [5.41, 5.74) is 2.04. The fraction of sp³-hybridized carbons (Fsp3) is 0.966. The lowest BCUT2D eigenvalue weighted by atomic mass is 9.49. The average molecular weight is 414 g/mol. The Morgan fingerprint density at radius 1 is 0.900 bits per heavy atom. The Hall–Kier alpha value is -0.510. The molecule has 1 heteroatoms. The van der Waals surface area contributed by atoms with Crippen LogP contribution in [-0.2, 0) is 0 Å². The first kappa shape index (κ1) is 24.1. The molecular formula is C29H51N. The molecule has 172 valence electrons. The molecule has 0 radical (unpaired) electrons. The van der Waals surface area contributed by atoms with Crippen molar-refractivity contribution >= 4 is 0 Å². The van der Waals surface area contributed by atoms with E-state index in [1.807, 2.05) is 0 Å². The third kappa shape index (κ3) is 4.11. The summed E-state index contributed by atoms with van der Waals surface area (Å²) < 4.78 is 0. The number of fused-ring (bicyclic) bond motifs is 2. The molecule has 7 unspecified atom stereocenters. The van der Waals surface area contributed by atoms with Crippen LogP contribution in [0.2, 0.25) is 0 Å². The summed E-state index contributed by atoms with van der Waals surface area (Å²) in [6.45, 7) is 18.2. The molecule has 0 aliphatic heterocycles. The van der Waals surface area contributed by atoms with Gasteiger partial charge in [0.05, 0.1) is 6.07 Å². The van der Waals surface area contributed by atoms with E-state index >= 15 is 0 Å². The first-order chi connectivity index (χ1) is 14.0. The van der Waals surface area contributed by atoms with Gasteiger partial charge in [0.1, 0.15) is 0 Å². The van der Waals surface area contributed by atoms with Crippen LogP contribution >= 0.6 is 0 Å². The van der Waals surface area contributed by atoms with Crippen LogP contribution in [-0.4, -0.2) is 0 Å². The summed E-state index contributed by atoms with van der Waals surface area (Å²) in [5.74, 6) is 3.38. The molecule has 3 rings (SSSR count). The average Bonchev–Trinajstić information content (AvgIpc) is 2.93. The first-order valence-electron chi connectivity index (χ1n) is 13.4. The van der Waals surface area contributed by atoms with Crippen molar-refractivity contribution in [2.45, 2.75) is 132 Å². The van der Waals surface area contributed by atoms with E-state index in [-0.39, 0.29) is 0 Å². The van der Waals surface area contributed by atoms with Gasteiger partial charge in [-0.25, -0.2) is 0 Å². The molecule has 0 aromatic heterocycles. The molecule has 0 saturated heterocycles. The second-order valence-electron chi connectivity index (χ2n) is 13.4. The van der Waals surface area contributed by atoms with Crippen molar-refractivity contribution in [1.29, 1.82) is 5.26 Å². The van der Waals surface area contributed by atoms with Crippen molar-refractivity contribution < 1.29 is 0 Å². The predicted molar refractivity (Wildman–Crippen MR) is 129 cm³/mol. The Bertz CT molecular complexity index is 629. The topological polar surface area (TPSA) is 23.8 Å². The molecule has 3 aliphatic rings. The quantitative estimate of drug-likeness (QED) is 0.421. The molecule has 0 bridgehead atoms. The molecule has 30 heavy (non-hydrogen) atoms. The van der Waals surface area contributed by atoms with Gasteiger partial charge < -0.3 is 0 Å². The minimum atomic E-state index is 0.486. The highest BCUT2D eigenvalue weighted by molar-refractivity contribution is 5.06. The van der Waals surface area contributed by atoms with E-state index in [4.69, 9.17) is 5.26 Å². The predicted octanol–water partition coefficient (Wildman–Crippen LogP) is 9.17. The molecule has 7 atom stereocenters. The smallest absolute Gasteiger partial charge is 0.0621 e. The Morgan fingerprint density at radius 3 is 2.33 bits per heavy atom. The number of rotatable bonds is 4. The summed E-state index contributed by atoms with van der Waals surface area (Å²) >= 11 is 0. The number of nitrogens with zero attached hydrogens (tertiary/aromatic N) is 1. The number of hydrogen-bond donors (Lipinski definition) is 0. The van der Waals surface area contributed by atoms with E-state index in [0.717, 1.165) is 36.5 Å². The van der Waals surface area contributed by atoms with E-state index in [1.165, 1.54) is 70.6 Å². The van der Waals surface area contributed by atoms with Crippen LogP contribution in [0, 0.1) is 56.7 Å². The van der Waals surface area contributed by atoms with Crippen LogP contribution < -0.4 is 0 Å². The van der Waals surface area contributed by atoms with Crippen LogP contribution in [0.1, 0.15) is 132 Å². The molecule has 0 aromatic carbocycles. The Labute approximate surface area is 188 Å². The highest BCUT2D eigenvalue weighted by atomic mass is 14.6. The summed E-state index contributed by atoms with van der Waals surface area (Å²) in [6.07, 6.45) is 17.4. The first-order valence-corrected chi connectivity index (χ1v) is 13.4. The van der Waals surface area contributed by atoms with Crippen molar-refractivity contribution in [2.24, 2.45) is 45.3 Å². The minimum absolute atomic E-state index is 0.486. The summed E-state index contributed by atoms with van der Waals surface area (Å²) in [5, 5.41) is 8.97. The summed E-state index contributed by atoms with van der Waals surface area (Å²) in [7, 11) is 0. The molecule has 3 aliphatic carbocycles. The maximum absolute atomic E-state index is 8.97. The van der Waals surface area contributed by atoms with Crippen molar-refractivity contribution in [3.63, 3.8) is 0 Å². The van der Waals surface area contributed by atoms with Crippen molar-refractivity contribution in [3.05, 3.63) is 0 Å². The molecule has 3 fully saturated rings. The maximum Gasteiger partial charge on any atom is 0.0621 e. The maximum atomic E-state index is 8.97. The van der Waals surface area contributed by atoms with E-state index in [2.05, 4.69) is 54.5 Å². The monoisotopic (exact) mass is 413 g/mol. The normalized spacial score (nSPS) is 45.1. The van der Waals surface area contributed by atoms with Crippen LogP contribution in [0.3, 0.4) is 0 Å². The number of unbranched alkanes of at least 4 members (excludes halogenated alkanes) is 1. The van der Waals surface area contributed by atoms with Crippen LogP contribution in [0.25, 0.3) is 0 Å². The molecule has 0 spiro atoms. The molecule has 1 nitrogen and oxygen atoms in total. The van der Waals surface area contributed by atoms with Crippen LogP contribution in [0.5, 0.6) is 0 Å². The molecule has 0 heterocycles. The highest BCUT2D eigenvalue weighted by Crippen LogP contribution is 2.65. The zero-order valence-electron chi connectivity index (χ0n) is 21.4. The van der Waals surface area contributed by atoms with Gasteiger partial charge in [0.25, 0.3) is 0 Å². The minimum Gasteiger partial charge on any atom is -0.198 e. The van der Waals surface area contributed by atoms with Gasteiger partial charge in [-0.1, -0.05) is 61.3 Å². The fourth-order valence-corrected chi connectivity index (χ4v) is 8.95. The van der Waals surface area contributed by atoms with Gasteiger partial charge in [-0.05, 0) is 110 Å². The second-order valence-corrected chi connectivity index (χ2v) is 13.4. The van der Waals surface area contributed by atoms with Crippen LogP contribution in [0.15, 0.2) is 0 Å². The molecule has 0 N–H and O–H groups in total.